The molecule has 35 nitrogen and oxygen atoms in total. The summed E-state index contributed by atoms with van der Waals surface area (Å²) in [5.74, 6) is -3.21. The molecule has 0 saturated carbocycles. The number of imidazole rings is 2. The second kappa shape index (κ2) is 28.0. The first-order valence-corrected chi connectivity index (χ1v) is 32.5. The van der Waals surface area contributed by atoms with Gasteiger partial charge in [0.2, 0.25) is 23.7 Å². The van der Waals surface area contributed by atoms with E-state index in [9.17, 15) is 58.0 Å². The average molecular weight is 1310 g/mol. The van der Waals surface area contributed by atoms with Crippen LogP contribution in [0.2, 0.25) is 0 Å². The number of aliphatic hydroxyl groups is 2. The molecule has 12 atom stereocenters. The van der Waals surface area contributed by atoms with Crippen molar-refractivity contribution < 1.29 is 85.5 Å². The molecule has 474 valence electrons. The maximum Gasteiger partial charge on any atom is 0.413 e. The number of aromatic nitrogens is 8. The van der Waals surface area contributed by atoms with Crippen LogP contribution in [0.4, 0.5) is 27.0 Å². The van der Waals surface area contributed by atoms with E-state index in [-0.39, 0.29) is 84.9 Å². The highest BCUT2D eigenvalue weighted by Gasteiger charge is 2.53. The fourth-order valence-electron chi connectivity index (χ4n) is 9.78. The first-order chi connectivity index (χ1) is 41.8. The standard InChI is InChI=1S/C49H62N16O19P2S2/c1-23(2)32(59-29(66)8-4-3-5-16-63-30(67)13-14-31(63)68)43(72)58-26(7-6-15-52-48(51)74)42(71)57-25-11-9-24(10-12-25)17-78-49(75)60-39-33-40(54-20-53-39)64(21-55-33)46-38-35(69)27(81-46)18-79-85(76,87)83-37-28(19-80-86(77,88)84-38)82-45(36(37)70)65-22-56-34-41(65)61-47(50)62-44(34)73/h9-14,20-23,26-28,32,35-38,45-46,69-70H,3-8,15-19H2,1-2H3,(H,57,71)(H,58,72)(H,59,66)(H,76,87)(H,77,88)(H3,51,52,74)(H3,50,61,62,73)(H,53,54,60,75)/t26-,27?,28?,32?,35?,36?,37?,38?,45?,46?,85?,86?/m0/s1. The van der Waals surface area contributed by atoms with Gasteiger partial charge in [0.15, 0.2) is 40.6 Å². The number of benzene rings is 1. The number of fused-ring (bicyclic) bond motifs is 5. The van der Waals surface area contributed by atoms with E-state index in [0.29, 0.717) is 30.5 Å². The van der Waals surface area contributed by atoms with Crippen LogP contribution in [0.15, 0.2) is 60.2 Å². The predicted molar refractivity (Wildman–Crippen MR) is 311 cm³/mol. The molecule has 2 bridgehead atoms. The zero-order valence-corrected chi connectivity index (χ0v) is 50.2. The molecule has 8 amide bonds. The summed E-state index contributed by atoms with van der Waals surface area (Å²) in [6.45, 7) is -6.78. The first kappa shape index (κ1) is 65.1. The number of aliphatic hydroxyl groups excluding tert-OH is 2. The van der Waals surface area contributed by atoms with Crippen LogP contribution in [0.1, 0.15) is 70.4 Å². The summed E-state index contributed by atoms with van der Waals surface area (Å²) in [7, 11) is 0. The number of H-pyrrole nitrogens is 1. The number of primary amides is 1. The van der Waals surface area contributed by atoms with Gasteiger partial charge in [-0.25, -0.2) is 34.1 Å². The van der Waals surface area contributed by atoms with Crippen molar-refractivity contribution in [1.82, 2.24) is 59.9 Å². The number of hydrogen-bond donors (Lipinski definition) is 12. The minimum absolute atomic E-state index is 0.00329. The summed E-state index contributed by atoms with van der Waals surface area (Å²) in [5, 5.41) is 36.2. The Bertz CT molecular complexity index is 3630. The van der Waals surface area contributed by atoms with E-state index < -0.39 is 129 Å². The van der Waals surface area contributed by atoms with Gasteiger partial charge in [0.05, 0.1) is 25.9 Å². The lowest BCUT2D eigenvalue weighted by Gasteiger charge is -2.27. The van der Waals surface area contributed by atoms with E-state index in [4.69, 9.17) is 55.6 Å². The highest BCUT2D eigenvalue weighted by molar-refractivity contribution is 8.44. The van der Waals surface area contributed by atoms with Crippen LogP contribution in [-0.4, -0.2) is 176 Å². The molecule has 88 heavy (non-hydrogen) atoms. The summed E-state index contributed by atoms with van der Waals surface area (Å²) >= 11 is 9.46. The summed E-state index contributed by atoms with van der Waals surface area (Å²) < 4.78 is 56.9. The molecular weight excluding hydrogens is 1240 g/mol. The number of urea groups is 1. The van der Waals surface area contributed by atoms with Gasteiger partial charge in [-0.2, -0.15) is 4.98 Å². The van der Waals surface area contributed by atoms with E-state index in [1.54, 1.807) is 26.0 Å². The second-order valence-electron chi connectivity index (χ2n) is 20.7. The number of amides is 8. The summed E-state index contributed by atoms with van der Waals surface area (Å²) in [5.41, 5.74) is 10.8. The van der Waals surface area contributed by atoms with Crippen molar-refractivity contribution in [3.63, 3.8) is 0 Å². The predicted octanol–water partition coefficient (Wildman–Crippen LogP) is 0.377. The Balaban J connectivity index is 0.797. The number of nitrogens with one attached hydrogen (secondary N) is 6. The van der Waals surface area contributed by atoms with Crippen LogP contribution in [-0.2, 0) is 79.3 Å². The van der Waals surface area contributed by atoms with Crippen molar-refractivity contribution in [2.75, 3.05) is 42.7 Å². The minimum atomic E-state index is -4.56. The van der Waals surface area contributed by atoms with Gasteiger partial charge in [-0.3, -0.25) is 66.7 Å². The van der Waals surface area contributed by atoms with E-state index in [2.05, 4.69) is 68.7 Å². The topological polar surface area (TPSA) is 484 Å². The SMILES string of the molecule is CC(C)C(NC(=O)CCCCCN1C(=O)C=CC1=O)C(=O)N[C@@H](CCCNC(N)=O)C(=O)Nc1ccc(COC(=O)Nc2ncnc3c2ncn3C2OC3COP(O)(=S)OC4C(COP(=O)(S)OC2C3O)OC(n2cnc3c(=O)[nH]c(N)nc32)C4O)cc1. The fraction of sp³-hybridized carbons (Fsp3) is 0.490. The second-order valence-corrected chi connectivity index (χ2v) is 26.4. The number of thiol groups is 1. The molecule has 11 unspecified atom stereocenters. The number of anilines is 3. The Hall–Kier alpha value is -7.38. The van der Waals surface area contributed by atoms with Crippen LogP contribution >= 0.6 is 25.8 Å². The lowest BCUT2D eigenvalue weighted by molar-refractivity contribution is -0.137. The van der Waals surface area contributed by atoms with Crippen molar-refractivity contribution in [2.24, 2.45) is 11.7 Å². The molecule has 4 aliphatic rings. The number of ether oxygens (including phenoxy) is 3. The Kier molecular flexibility index (Phi) is 20.7. The quantitative estimate of drug-likeness (QED) is 0.0204. The molecule has 4 aliphatic heterocycles. The van der Waals surface area contributed by atoms with Crippen LogP contribution in [0.5, 0.6) is 0 Å². The normalized spacial score (nSPS) is 26.2. The minimum Gasteiger partial charge on any atom is -0.444 e. The zero-order valence-electron chi connectivity index (χ0n) is 46.7. The molecular formula is C49H62N16O19P2S2. The molecule has 0 spiro atoms. The lowest BCUT2D eigenvalue weighted by atomic mass is 10.0. The Labute approximate surface area is 508 Å². The Morgan fingerprint density at radius 3 is 2.25 bits per heavy atom. The molecule has 1 aromatic carbocycles. The largest absolute Gasteiger partial charge is 0.444 e. The molecule has 9 rings (SSSR count). The van der Waals surface area contributed by atoms with E-state index >= 15 is 0 Å². The zero-order chi connectivity index (χ0) is 63.2. The molecule has 3 saturated heterocycles. The number of hydrogen-bond acceptors (Lipinski definition) is 25. The third-order valence-electron chi connectivity index (χ3n) is 14.2. The molecule has 0 aliphatic carbocycles. The van der Waals surface area contributed by atoms with Crippen molar-refractivity contribution in [3.05, 3.63) is 71.3 Å². The lowest BCUT2D eigenvalue weighted by Crippen LogP contribution is -2.54. The van der Waals surface area contributed by atoms with Crippen LogP contribution in [0.25, 0.3) is 22.3 Å². The molecule has 39 heteroatoms. The van der Waals surface area contributed by atoms with Gasteiger partial charge in [-0.15, -0.1) is 0 Å². The number of unbranched alkanes of at least 4 members (excludes halogenated alkanes) is 2. The Morgan fingerprint density at radius 1 is 0.841 bits per heavy atom. The van der Waals surface area contributed by atoms with Gasteiger partial charge < -0.3 is 66.6 Å². The van der Waals surface area contributed by atoms with Gasteiger partial charge in [0.1, 0.15) is 61.6 Å². The number of rotatable bonds is 21. The molecule has 8 heterocycles. The van der Waals surface area contributed by atoms with E-state index in [1.807, 2.05) is 0 Å². The molecule has 3 fully saturated rings. The van der Waals surface area contributed by atoms with Crippen molar-refractivity contribution >= 4 is 119 Å². The third-order valence-corrected chi connectivity index (χ3v) is 17.3. The van der Waals surface area contributed by atoms with Crippen LogP contribution < -0.4 is 43.6 Å². The number of aromatic amines is 1. The highest BCUT2D eigenvalue weighted by Crippen LogP contribution is 2.58. The van der Waals surface area contributed by atoms with E-state index in [1.165, 1.54) is 39.7 Å². The average Bonchev–Trinajstić information content (AvgIpc) is 1.69. The number of nitrogen functional groups attached to an aromatic ring is 1. The van der Waals surface area contributed by atoms with E-state index in [0.717, 1.165) is 17.6 Å². The third kappa shape index (κ3) is 15.7. The maximum absolute atomic E-state index is 14.0. The summed E-state index contributed by atoms with van der Waals surface area (Å²) in [4.78, 5) is 137. The number of carbonyl (C=O) groups excluding carboxylic acids is 7. The summed E-state index contributed by atoms with van der Waals surface area (Å²) in [6, 6.07) is 3.25. The summed E-state index contributed by atoms with van der Waals surface area (Å²) in [6.07, 6.45) is -5.43. The van der Waals surface area contributed by atoms with Gasteiger partial charge in [0, 0.05) is 37.3 Å². The molecule has 13 N–H and O–H groups in total. The van der Waals surface area contributed by atoms with Crippen LogP contribution in [0, 0.1) is 5.92 Å². The molecule has 0 radical (unpaired) electrons. The van der Waals surface area contributed by atoms with Crippen LogP contribution in [0.3, 0.4) is 0 Å². The van der Waals surface area contributed by atoms with Crippen molar-refractivity contribution in [1.29, 1.82) is 0 Å². The van der Waals surface area contributed by atoms with Crippen molar-refractivity contribution in [3.8, 4) is 0 Å². The Morgan fingerprint density at radius 2 is 1.53 bits per heavy atom. The fourth-order valence-corrected chi connectivity index (χ4v) is 12.7. The van der Waals surface area contributed by atoms with Gasteiger partial charge >= 0.3 is 25.6 Å². The smallest absolute Gasteiger partial charge is 0.413 e. The monoisotopic (exact) mass is 1300 g/mol. The first-order valence-electron chi connectivity index (χ1n) is 27.2. The van der Waals surface area contributed by atoms with Crippen molar-refractivity contribution in [2.45, 2.75) is 120 Å². The number of carbonyl (C=O) groups is 7. The van der Waals surface area contributed by atoms with Gasteiger partial charge in [0.25, 0.3) is 17.4 Å². The maximum atomic E-state index is 14.0. The highest BCUT2D eigenvalue weighted by atomic mass is 32.7. The van der Waals surface area contributed by atoms with Gasteiger partial charge in [-0.05, 0) is 61.1 Å². The number of imide groups is 1. The number of nitrogens with zero attached hydrogens (tertiary/aromatic N) is 8. The number of nitrogens with two attached hydrogens (primary N) is 2. The molecule has 4 aromatic heterocycles. The molecule has 5 aromatic rings. The van der Waals surface area contributed by atoms with Gasteiger partial charge in [-0.1, -0.05) is 44.6 Å².